The van der Waals surface area contributed by atoms with Gasteiger partial charge in [0.2, 0.25) is 11.8 Å². The molecule has 1 atom stereocenters. The monoisotopic (exact) mass is 251 g/mol. The Morgan fingerprint density at radius 2 is 2.33 bits per heavy atom. The van der Waals surface area contributed by atoms with Gasteiger partial charge in [-0.05, 0) is 19.3 Å². The average molecular weight is 251 g/mol. The van der Waals surface area contributed by atoms with E-state index in [9.17, 15) is 4.79 Å². The fraction of sp³-hybridized carbons (Fsp3) is 0.750. The zero-order chi connectivity index (χ0) is 12.4. The van der Waals surface area contributed by atoms with Gasteiger partial charge in [-0.2, -0.15) is 4.98 Å². The molecule has 98 valence electrons. The number of aromatic nitrogens is 2. The first-order valence-corrected chi connectivity index (χ1v) is 6.51. The standard InChI is InChI=1S/C12H17N3O3/c16-11-3-1-2-5-15(11)7-10-13-12(14-18-10)9-4-6-17-8-9/h9H,1-8H2/t9-/m1/s1. The van der Waals surface area contributed by atoms with Crippen LogP contribution in [0.4, 0.5) is 0 Å². The third kappa shape index (κ3) is 2.38. The van der Waals surface area contributed by atoms with Gasteiger partial charge in [0.15, 0.2) is 5.82 Å². The molecule has 0 N–H and O–H groups in total. The molecule has 0 aromatic carbocycles. The molecule has 1 amide bonds. The molecule has 2 aliphatic rings. The van der Waals surface area contributed by atoms with Crippen molar-refractivity contribution < 1.29 is 14.1 Å². The Kier molecular flexibility index (Phi) is 3.27. The van der Waals surface area contributed by atoms with E-state index in [0.717, 1.165) is 32.4 Å². The molecule has 6 nitrogen and oxygen atoms in total. The van der Waals surface area contributed by atoms with Crippen LogP contribution in [0.5, 0.6) is 0 Å². The summed E-state index contributed by atoms with van der Waals surface area (Å²) >= 11 is 0. The molecule has 0 spiro atoms. The van der Waals surface area contributed by atoms with Crippen LogP contribution >= 0.6 is 0 Å². The molecular formula is C12H17N3O3. The number of hydrogen-bond acceptors (Lipinski definition) is 5. The van der Waals surface area contributed by atoms with Gasteiger partial charge in [0, 0.05) is 25.5 Å². The number of carbonyl (C=O) groups is 1. The predicted molar refractivity (Wildman–Crippen MR) is 61.7 cm³/mol. The number of rotatable bonds is 3. The van der Waals surface area contributed by atoms with Crippen molar-refractivity contribution in [3.8, 4) is 0 Å². The van der Waals surface area contributed by atoms with Gasteiger partial charge in [-0.1, -0.05) is 5.16 Å². The molecule has 3 rings (SSSR count). The molecule has 0 bridgehead atoms. The van der Waals surface area contributed by atoms with Crippen molar-refractivity contribution in [3.05, 3.63) is 11.7 Å². The van der Waals surface area contributed by atoms with Gasteiger partial charge in [-0.25, -0.2) is 0 Å². The number of amides is 1. The van der Waals surface area contributed by atoms with Crippen LogP contribution in [0.2, 0.25) is 0 Å². The number of likely N-dealkylation sites (tertiary alicyclic amines) is 1. The fourth-order valence-corrected chi connectivity index (χ4v) is 2.43. The van der Waals surface area contributed by atoms with Gasteiger partial charge < -0.3 is 14.2 Å². The zero-order valence-electron chi connectivity index (χ0n) is 10.3. The molecule has 0 aliphatic carbocycles. The van der Waals surface area contributed by atoms with Crippen molar-refractivity contribution in [3.63, 3.8) is 0 Å². The molecule has 2 aliphatic heterocycles. The maximum absolute atomic E-state index is 11.7. The van der Waals surface area contributed by atoms with Crippen molar-refractivity contribution in [2.75, 3.05) is 19.8 Å². The first-order chi connectivity index (χ1) is 8.83. The highest BCUT2D eigenvalue weighted by atomic mass is 16.5. The van der Waals surface area contributed by atoms with Crippen molar-refractivity contribution in [1.82, 2.24) is 15.0 Å². The summed E-state index contributed by atoms with van der Waals surface area (Å²) in [5.74, 6) is 1.68. The molecule has 1 aromatic heterocycles. The predicted octanol–water partition coefficient (Wildman–Crippen LogP) is 1.09. The number of ether oxygens (including phenoxy) is 1. The number of hydrogen-bond donors (Lipinski definition) is 0. The summed E-state index contributed by atoms with van der Waals surface area (Å²) in [5.41, 5.74) is 0. The molecule has 3 heterocycles. The molecule has 1 aromatic rings. The van der Waals surface area contributed by atoms with Crippen molar-refractivity contribution >= 4 is 5.91 Å². The highest BCUT2D eigenvalue weighted by Crippen LogP contribution is 2.23. The van der Waals surface area contributed by atoms with Gasteiger partial charge in [-0.15, -0.1) is 0 Å². The lowest BCUT2D eigenvalue weighted by Gasteiger charge is -2.24. The molecule has 0 saturated carbocycles. The Labute approximate surface area is 105 Å². The Morgan fingerprint density at radius 1 is 1.39 bits per heavy atom. The molecule has 0 radical (unpaired) electrons. The topological polar surface area (TPSA) is 68.5 Å². The van der Waals surface area contributed by atoms with Gasteiger partial charge in [0.1, 0.15) is 0 Å². The smallest absolute Gasteiger partial charge is 0.246 e. The second-order valence-electron chi connectivity index (χ2n) is 4.88. The van der Waals surface area contributed by atoms with E-state index in [1.165, 1.54) is 0 Å². The quantitative estimate of drug-likeness (QED) is 0.804. The van der Waals surface area contributed by atoms with Crippen molar-refractivity contribution in [2.24, 2.45) is 0 Å². The summed E-state index contributed by atoms with van der Waals surface area (Å²) in [6.45, 7) is 2.67. The molecule has 6 heteroatoms. The SMILES string of the molecule is O=C1CCCCN1Cc1nc([C@@H]2CCOC2)no1. The Bertz CT molecular complexity index is 426. The fourth-order valence-electron chi connectivity index (χ4n) is 2.43. The summed E-state index contributed by atoms with van der Waals surface area (Å²) < 4.78 is 10.5. The first kappa shape index (κ1) is 11.6. The summed E-state index contributed by atoms with van der Waals surface area (Å²) in [7, 11) is 0. The van der Waals surface area contributed by atoms with Crippen LogP contribution in [0.15, 0.2) is 4.52 Å². The second-order valence-corrected chi connectivity index (χ2v) is 4.88. The van der Waals surface area contributed by atoms with E-state index in [2.05, 4.69) is 10.1 Å². The van der Waals surface area contributed by atoms with Crippen LogP contribution in [-0.4, -0.2) is 40.7 Å². The minimum absolute atomic E-state index is 0.185. The van der Waals surface area contributed by atoms with Crippen molar-refractivity contribution in [1.29, 1.82) is 0 Å². The van der Waals surface area contributed by atoms with Crippen LogP contribution < -0.4 is 0 Å². The summed E-state index contributed by atoms with van der Waals surface area (Å²) in [4.78, 5) is 17.8. The van der Waals surface area contributed by atoms with E-state index in [4.69, 9.17) is 9.26 Å². The maximum atomic E-state index is 11.7. The van der Waals surface area contributed by atoms with Crippen LogP contribution in [0.1, 0.15) is 43.3 Å². The van der Waals surface area contributed by atoms with E-state index in [-0.39, 0.29) is 11.8 Å². The summed E-state index contributed by atoms with van der Waals surface area (Å²) in [6, 6.07) is 0. The van der Waals surface area contributed by atoms with E-state index in [0.29, 0.717) is 31.3 Å². The lowest BCUT2D eigenvalue weighted by atomic mass is 10.1. The highest BCUT2D eigenvalue weighted by molar-refractivity contribution is 5.76. The maximum Gasteiger partial charge on any atom is 0.246 e. The van der Waals surface area contributed by atoms with Crippen LogP contribution in [0.25, 0.3) is 0 Å². The lowest BCUT2D eigenvalue weighted by molar-refractivity contribution is -0.134. The van der Waals surface area contributed by atoms with E-state index in [1.54, 1.807) is 4.90 Å². The Hall–Kier alpha value is -1.43. The van der Waals surface area contributed by atoms with E-state index in [1.807, 2.05) is 0 Å². The Balaban J connectivity index is 1.64. The first-order valence-electron chi connectivity index (χ1n) is 6.51. The minimum atomic E-state index is 0.185. The van der Waals surface area contributed by atoms with Crippen LogP contribution in [0, 0.1) is 0 Å². The largest absolute Gasteiger partial charge is 0.381 e. The molecule has 0 unspecified atom stereocenters. The molecule has 18 heavy (non-hydrogen) atoms. The Morgan fingerprint density at radius 3 is 3.11 bits per heavy atom. The molecular weight excluding hydrogens is 234 g/mol. The van der Waals surface area contributed by atoms with Gasteiger partial charge in [-0.3, -0.25) is 4.79 Å². The number of piperidine rings is 1. The number of carbonyl (C=O) groups excluding carboxylic acids is 1. The third-order valence-corrected chi connectivity index (χ3v) is 3.53. The average Bonchev–Trinajstić information content (AvgIpc) is 3.02. The lowest BCUT2D eigenvalue weighted by Crippen LogP contribution is -2.34. The third-order valence-electron chi connectivity index (χ3n) is 3.53. The highest BCUT2D eigenvalue weighted by Gasteiger charge is 2.25. The van der Waals surface area contributed by atoms with Crippen LogP contribution in [0.3, 0.4) is 0 Å². The van der Waals surface area contributed by atoms with Gasteiger partial charge in [0.25, 0.3) is 0 Å². The molecule has 2 fully saturated rings. The summed E-state index contributed by atoms with van der Waals surface area (Å²) in [5, 5.41) is 3.98. The van der Waals surface area contributed by atoms with Crippen LogP contribution in [-0.2, 0) is 16.1 Å². The molecule has 2 saturated heterocycles. The van der Waals surface area contributed by atoms with E-state index < -0.39 is 0 Å². The summed E-state index contributed by atoms with van der Waals surface area (Å²) in [6.07, 6.45) is 3.63. The second kappa shape index (κ2) is 5.06. The van der Waals surface area contributed by atoms with Gasteiger partial charge in [0.05, 0.1) is 13.2 Å². The van der Waals surface area contributed by atoms with Crippen molar-refractivity contribution in [2.45, 2.75) is 38.1 Å². The minimum Gasteiger partial charge on any atom is -0.381 e. The van der Waals surface area contributed by atoms with E-state index >= 15 is 0 Å². The zero-order valence-corrected chi connectivity index (χ0v) is 10.3. The van der Waals surface area contributed by atoms with Gasteiger partial charge >= 0.3 is 0 Å². The number of nitrogens with zero attached hydrogens (tertiary/aromatic N) is 3. The normalized spacial score (nSPS) is 24.8.